The van der Waals surface area contributed by atoms with E-state index < -0.39 is 0 Å². The van der Waals surface area contributed by atoms with E-state index in [9.17, 15) is 9.59 Å². The van der Waals surface area contributed by atoms with Gasteiger partial charge < -0.3 is 9.84 Å². The largest absolute Gasteiger partial charge is 0.375 e. The number of amides is 1. The zero-order valence-corrected chi connectivity index (χ0v) is 17.2. The summed E-state index contributed by atoms with van der Waals surface area (Å²) in [5, 5.41) is 2.90. The fraction of sp³-hybridized carbons (Fsp3) is 0.263. The van der Waals surface area contributed by atoms with E-state index in [1.54, 1.807) is 24.3 Å². The molecule has 7 nitrogen and oxygen atoms in total. The maximum atomic E-state index is 12.1. The maximum absolute atomic E-state index is 12.1. The van der Waals surface area contributed by atoms with Gasteiger partial charge in [0, 0.05) is 29.5 Å². The molecule has 0 atom stereocenters. The first kappa shape index (κ1) is 18.7. The molecule has 3 aromatic heterocycles. The van der Waals surface area contributed by atoms with E-state index >= 15 is 0 Å². The summed E-state index contributed by atoms with van der Waals surface area (Å²) in [6.45, 7) is 5.50. The van der Waals surface area contributed by atoms with Gasteiger partial charge in [0.1, 0.15) is 5.76 Å². The lowest BCUT2D eigenvalue weighted by Crippen LogP contribution is -2.17. The quantitative estimate of drug-likeness (QED) is 0.495. The number of fused-ring (bicyclic) bond motifs is 2. The number of hydrogen-bond donors (Lipinski definition) is 1. The summed E-state index contributed by atoms with van der Waals surface area (Å²) in [5.74, 6) is 1.09. The molecule has 0 bridgehead atoms. The van der Waals surface area contributed by atoms with Crippen molar-refractivity contribution < 1.29 is 9.32 Å². The summed E-state index contributed by atoms with van der Waals surface area (Å²) in [6, 6.07) is 8.91. The highest BCUT2D eigenvalue weighted by Crippen LogP contribution is 2.32. The molecule has 0 radical (unpaired) electrons. The molecule has 3 heterocycles. The van der Waals surface area contributed by atoms with E-state index in [1.807, 2.05) is 32.0 Å². The number of anilines is 1. The molecule has 0 aliphatic heterocycles. The van der Waals surface area contributed by atoms with E-state index in [4.69, 9.17) is 4.52 Å². The summed E-state index contributed by atoms with van der Waals surface area (Å²) in [5.41, 5.74) is 2.60. The number of thioether (sulfide) groups is 1. The topological polar surface area (TPSA) is 89.5 Å². The number of nitrogens with one attached hydrogen (secondary N) is 1. The third-order valence-corrected chi connectivity index (χ3v) is 6.22. The van der Waals surface area contributed by atoms with Gasteiger partial charge in [-0.1, -0.05) is 25.6 Å². The molecule has 4 aromatic rings. The maximum Gasteiger partial charge on any atom is 0.287 e. The Balaban J connectivity index is 1.52. The van der Waals surface area contributed by atoms with Gasteiger partial charge in [-0.15, -0.1) is 15.9 Å². The second kappa shape index (κ2) is 7.40. The van der Waals surface area contributed by atoms with Crippen molar-refractivity contribution in [3.05, 3.63) is 52.1 Å². The number of carbonyl (C=O) groups is 1. The third kappa shape index (κ3) is 3.81. The zero-order valence-electron chi connectivity index (χ0n) is 15.6. The first-order valence-corrected chi connectivity index (χ1v) is 10.5. The van der Waals surface area contributed by atoms with Crippen LogP contribution in [0.5, 0.6) is 0 Å². The zero-order chi connectivity index (χ0) is 19.8. The molecule has 4 rings (SSSR count). The summed E-state index contributed by atoms with van der Waals surface area (Å²) < 4.78 is 8.37. The van der Waals surface area contributed by atoms with Gasteiger partial charge in [-0.3, -0.25) is 9.59 Å². The van der Waals surface area contributed by atoms with Crippen molar-refractivity contribution in [2.75, 3.05) is 5.32 Å². The highest BCUT2D eigenvalue weighted by atomic mass is 32.2. The first-order chi connectivity index (χ1) is 13.4. The molecule has 1 amide bonds. The van der Waals surface area contributed by atoms with Crippen molar-refractivity contribution in [3.8, 4) is 0 Å². The van der Waals surface area contributed by atoms with Crippen LogP contribution in [0.25, 0.3) is 15.9 Å². The van der Waals surface area contributed by atoms with Crippen LogP contribution in [0.1, 0.15) is 25.3 Å². The molecule has 0 spiro atoms. The van der Waals surface area contributed by atoms with Crippen molar-refractivity contribution in [2.24, 2.45) is 5.92 Å². The van der Waals surface area contributed by atoms with E-state index in [2.05, 4.69) is 15.3 Å². The normalized spacial score (nSPS) is 11.6. The number of carbonyl (C=O) groups excluding carboxylic acids is 1. The summed E-state index contributed by atoms with van der Waals surface area (Å²) >= 11 is 3.08. The molecule has 0 saturated heterocycles. The third-order valence-electron chi connectivity index (χ3n) is 4.03. The SMILES string of the molecule is Cc1cc2nc(CSc3nc4ccc(NC(=O)C(C)C)cc4s3)cc(=O)n2o1. The Kier molecular flexibility index (Phi) is 4.94. The van der Waals surface area contributed by atoms with Gasteiger partial charge in [-0.05, 0) is 25.1 Å². The average Bonchev–Trinajstić information content (AvgIpc) is 3.22. The van der Waals surface area contributed by atoms with Crippen LogP contribution in [0.15, 0.2) is 44.0 Å². The van der Waals surface area contributed by atoms with Crippen LogP contribution in [0.3, 0.4) is 0 Å². The van der Waals surface area contributed by atoms with Crippen molar-refractivity contribution in [1.29, 1.82) is 0 Å². The lowest BCUT2D eigenvalue weighted by atomic mass is 10.2. The van der Waals surface area contributed by atoms with Crippen LogP contribution in [-0.4, -0.2) is 20.4 Å². The molecule has 0 aliphatic carbocycles. The summed E-state index contributed by atoms with van der Waals surface area (Å²) in [7, 11) is 0. The van der Waals surface area contributed by atoms with Gasteiger partial charge in [0.25, 0.3) is 5.56 Å². The lowest BCUT2D eigenvalue weighted by Gasteiger charge is -2.06. The Morgan fingerprint density at radius 1 is 1.29 bits per heavy atom. The van der Waals surface area contributed by atoms with Crippen LogP contribution < -0.4 is 10.9 Å². The standard InChI is InChI=1S/C19H18N4O3S2/c1-10(2)18(25)21-12-4-5-14-15(7-12)28-19(22-14)27-9-13-8-17(24)23-16(20-13)6-11(3)26-23/h4-8,10H,9H2,1-3H3,(H,21,25). The van der Waals surface area contributed by atoms with Crippen molar-refractivity contribution in [3.63, 3.8) is 0 Å². The molecule has 0 aliphatic rings. The van der Waals surface area contributed by atoms with Gasteiger partial charge in [0.2, 0.25) is 5.91 Å². The number of rotatable bonds is 5. The molecule has 0 saturated carbocycles. The average molecular weight is 415 g/mol. The minimum atomic E-state index is -0.233. The van der Waals surface area contributed by atoms with Gasteiger partial charge in [-0.25, -0.2) is 9.97 Å². The van der Waals surface area contributed by atoms with E-state index in [0.29, 0.717) is 22.9 Å². The number of thiazole rings is 1. The second-order valence-corrected chi connectivity index (χ2v) is 8.93. The van der Waals surface area contributed by atoms with Crippen LogP contribution in [0, 0.1) is 12.8 Å². The number of benzene rings is 1. The van der Waals surface area contributed by atoms with Crippen molar-refractivity contribution >= 4 is 50.6 Å². The molecule has 0 fully saturated rings. The van der Waals surface area contributed by atoms with Gasteiger partial charge in [0.05, 0.1) is 15.9 Å². The highest BCUT2D eigenvalue weighted by Gasteiger charge is 2.11. The van der Waals surface area contributed by atoms with Gasteiger partial charge in [-0.2, -0.15) is 0 Å². The highest BCUT2D eigenvalue weighted by molar-refractivity contribution is 8.00. The molecule has 144 valence electrons. The van der Waals surface area contributed by atoms with E-state index in [0.717, 1.165) is 20.2 Å². The number of hydrogen-bond acceptors (Lipinski definition) is 7. The fourth-order valence-corrected chi connectivity index (χ4v) is 4.61. The number of nitrogens with zero attached hydrogens (tertiary/aromatic N) is 3. The first-order valence-electron chi connectivity index (χ1n) is 8.73. The minimum absolute atomic E-state index is 0.0132. The smallest absolute Gasteiger partial charge is 0.287 e. The number of aryl methyl sites for hydroxylation is 1. The molecule has 1 aromatic carbocycles. The monoisotopic (exact) mass is 414 g/mol. The fourth-order valence-electron chi connectivity index (χ4n) is 2.61. The molecule has 0 unspecified atom stereocenters. The van der Waals surface area contributed by atoms with Gasteiger partial charge in [0.15, 0.2) is 9.99 Å². The van der Waals surface area contributed by atoms with E-state index in [1.165, 1.54) is 22.4 Å². The molecule has 1 N–H and O–H groups in total. The second-order valence-electron chi connectivity index (χ2n) is 6.68. The predicted octanol–water partition coefficient (Wildman–Crippen LogP) is 4.09. The van der Waals surface area contributed by atoms with Crippen molar-refractivity contribution in [1.82, 2.24) is 14.5 Å². The summed E-state index contributed by atoms with van der Waals surface area (Å²) in [4.78, 5) is 33.1. The van der Waals surface area contributed by atoms with Crippen LogP contribution in [0.4, 0.5) is 5.69 Å². The van der Waals surface area contributed by atoms with Crippen LogP contribution in [0.2, 0.25) is 0 Å². The number of aromatic nitrogens is 3. The Morgan fingerprint density at radius 2 is 2.11 bits per heavy atom. The van der Waals surface area contributed by atoms with Crippen LogP contribution in [-0.2, 0) is 10.5 Å². The Hall–Kier alpha value is -2.65. The Morgan fingerprint density at radius 3 is 2.89 bits per heavy atom. The molecule has 9 heteroatoms. The summed E-state index contributed by atoms with van der Waals surface area (Å²) in [6.07, 6.45) is 0. The molecular formula is C19H18N4O3S2. The molecule has 28 heavy (non-hydrogen) atoms. The Labute approximate surface area is 168 Å². The lowest BCUT2D eigenvalue weighted by molar-refractivity contribution is -0.118. The van der Waals surface area contributed by atoms with E-state index in [-0.39, 0.29) is 17.4 Å². The van der Waals surface area contributed by atoms with Gasteiger partial charge >= 0.3 is 0 Å². The predicted molar refractivity (Wildman–Crippen MR) is 111 cm³/mol. The van der Waals surface area contributed by atoms with Crippen molar-refractivity contribution in [2.45, 2.75) is 30.9 Å². The Bertz CT molecular complexity index is 1240. The van der Waals surface area contributed by atoms with Crippen LogP contribution >= 0.6 is 23.1 Å². The molecular weight excluding hydrogens is 396 g/mol. The minimum Gasteiger partial charge on any atom is -0.375 e.